The topological polar surface area (TPSA) is 22.0 Å². The molecule has 0 saturated carbocycles. The molecule has 2 heteroatoms. The summed E-state index contributed by atoms with van der Waals surface area (Å²) in [5.41, 5.74) is 5.38. The number of fused-ring (bicyclic) bond motifs is 1. The van der Waals surface area contributed by atoms with E-state index in [0.29, 0.717) is 6.42 Å². The Labute approximate surface area is 104 Å². The standard InChI is InChI=1S/C15H23NO/c1-6-11-10(3)13-8-15(4,5)9-14(17)16(13)12(11)7-2/h6-9H2,1-5H3. The van der Waals surface area contributed by atoms with E-state index in [0.717, 1.165) is 19.3 Å². The first-order valence-corrected chi connectivity index (χ1v) is 6.66. The van der Waals surface area contributed by atoms with Crippen molar-refractivity contribution in [3.8, 4) is 0 Å². The Morgan fingerprint density at radius 3 is 2.35 bits per heavy atom. The largest absolute Gasteiger partial charge is 0.288 e. The van der Waals surface area contributed by atoms with Crippen LogP contribution in [0.2, 0.25) is 0 Å². The van der Waals surface area contributed by atoms with E-state index in [1.54, 1.807) is 0 Å². The monoisotopic (exact) mass is 233 g/mol. The molecule has 0 aromatic carbocycles. The minimum absolute atomic E-state index is 0.117. The fourth-order valence-corrected chi connectivity index (χ4v) is 3.21. The van der Waals surface area contributed by atoms with Crippen molar-refractivity contribution in [2.45, 2.75) is 60.3 Å². The van der Waals surface area contributed by atoms with Crippen LogP contribution in [-0.4, -0.2) is 10.5 Å². The molecule has 2 rings (SSSR count). The van der Waals surface area contributed by atoms with Gasteiger partial charge in [0, 0.05) is 17.8 Å². The van der Waals surface area contributed by atoms with E-state index < -0.39 is 0 Å². The van der Waals surface area contributed by atoms with Gasteiger partial charge in [0.1, 0.15) is 0 Å². The van der Waals surface area contributed by atoms with Crippen LogP contribution in [0.15, 0.2) is 0 Å². The summed E-state index contributed by atoms with van der Waals surface area (Å²) in [6, 6.07) is 0. The number of hydrogen-bond donors (Lipinski definition) is 0. The maximum Gasteiger partial charge on any atom is 0.231 e. The molecule has 17 heavy (non-hydrogen) atoms. The first-order valence-electron chi connectivity index (χ1n) is 6.66. The van der Waals surface area contributed by atoms with E-state index in [1.807, 2.05) is 4.57 Å². The molecule has 0 amide bonds. The fourth-order valence-electron chi connectivity index (χ4n) is 3.21. The molecule has 0 bridgehead atoms. The lowest BCUT2D eigenvalue weighted by Gasteiger charge is -2.31. The van der Waals surface area contributed by atoms with Crippen LogP contribution in [-0.2, 0) is 19.3 Å². The molecule has 2 nitrogen and oxygen atoms in total. The summed E-state index contributed by atoms with van der Waals surface area (Å²) >= 11 is 0. The predicted molar refractivity (Wildman–Crippen MR) is 70.7 cm³/mol. The van der Waals surface area contributed by atoms with Crippen molar-refractivity contribution in [1.82, 2.24) is 4.57 Å². The number of nitrogens with zero attached hydrogens (tertiary/aromatic N) is 1. The van der Waals surface area contributed by atoms with Crippen LogP contribution in [0, 0.1) is 12.3 Å². The fraction of sp³-hybridized carbons (Fsp3) is 0.667. The summed E-state index contributed by atoms with van der Waals surface area (Å²) in [5, 5.41) is 0. The summed E-state index contributed by atoms with van der Waals surface area (Å²) in [5.74, 6) is 0.288. The van der Waals surface area contributed by atoms with Crippen LogP contribution in [0.3, 0.4) is 0 Å². The lowest BCUT2D eigenvalue weighted by molar-refractivity contribution is 0.0805. The molecule has 0 saturated heterocycles. The van der Waals surface area contributed by atoms with E-state index in [2.05, 4.69) is 34.6 Å². The quantitative estimate of drug-likeness (QED) is 0.766. The SMILES string of the molecule is CCc1c(C)c2n(c1CC)C(=O)CC(C)(C)C2. The highest BCUT2D eigenvalue weighted by molar-refractivity contribution is 5.83. The van der Waals surface area contributed by atoms with Gasteiger partial charge in [-0.1, -0.05) is 27.7 Å². The Balaban J connectivity index is 2.66. The molecule has 1 aromatic heterocycles. The summed E-state index contributed by atoms with van der Waals surface area (Å²) < 4.78 is 2.01. The van der Waals surface area contributed by atoms with Gasteiger partial charge in [0.25, 0.3) is 0 Å². The second-order valence-electron chi connectivity index (χ2n) is 5.95. The summed E-state index contributed by atoms with van der Waals surface area (Å²) in [7, 11) is 0. The highest BCUT2D eigenvalue weighted by Gasteiger charge is 2.34. The smallest absolute Gasteiger partial charge is 0.231 e. The molecule has 0 fully saturated rings. The van der Waals surface area contributed by atoms with Crippen molar-refractivity contribution in [2.24, 2.45) is 5.41 Å². The Morgan fingerprint density at radius 1 is 1.18 bits per heavy atom. The van der Waals surface area contributed by atoms with Gasteiger partial charge < -0.3 is 0 Å². The molecule has 0 N–H and O–H groups in total. The van der Waals surface area contributed by atoms with Crippen LogP contribution in [0.5, 0.6) is 0 Å². The molecule has 0 radical (unpaired) electrons. The molecule has 1 aromatic rings. The molecule has 0 spiro atoms. The molecule has 0 unspecified atom stereocenters. The van der Waals surface area contributed by atoms with E-state index in [9.17, 15) is 4.79 Å². The number of carbonyl (C=O) groups excluding carboxylic acids is 1. The van der Waals surface area contributed by atoms with Crippen LogP contribution in [0.25, 0.3) is 0 Å². The third-order valence-corrected chi connectivity index (χ3v) is 3.99. The Kier molecular flexibility index (Phi) is 2.92. The van der Waals surface area contributed by atoms with Crippen molar-refractivity contribution >= 4 is 5.91 Å². The van der Waals surface area contributed by atoms with E-state index >= 15 is 0 Å². The Bertz CT molecular complexity index is 466. The number of hydrogen-bond acceptors (Lipinski definition) is 1. The molecule has 0 aliphatic carbocycles. The van der Waals surface area contributed by atoms with Gasteiger partial charge in [0.2, 0.25) is 5.91 Å². The van der Waals surface area contributed by atoms with Crippen LogP contribution in [0.4, 0.5) is 0 Å². The second-order valence-corrected chi connectivity index (χ2v) is 5.95. The van der Waals surface area contributed by atoms with Crippen molar-refractivity contribution < 1.29 is 4.79 Å². The first-order chi connectivity index (χ1) is 7.91. The molecule has 1 aliphatic heterocycles. The summed E-state index contributed by atoms with van der Waals surface area (Å²) in [6.07, 6.45) is 3.68. The van der Waals surface area contributed by atoms with Gasteiger partial charge in [-0.05, 0) is 42.7 Å². The van der Waals surface area contributed by atoms with Gasteiger partial charge in [-0.3, -0.25) is 9.36 Å². The third kappa shape index (κ3) is 1.84. The average Bonchev–Trinajstić information content (AvgIpc) is 2.50. The van der Waals surface area contributed by atoms with Crippen molar-refractivity contribution in [1.29, 1.82) is 0 Å². The number of carbonyl (C=O) groups is 1. The van der Waals surface area contributed by atoms with E-state index in [4.69, 9.17) is 0 Å². The average molecular weight is 233 g/mol. The minimum atomic E-state index is 0.117. The van der Waals surface area contributed by atoms with Gasteiger partial charge in [-0.15, -0.1) is 0 Å². The van der Waals surface area contributed by atoms with Gasteiger partial charge in [0.05, 0.1) is 0 Å². The zero-order valence-corrected chi connectivity index (χ0v) is 11.7. The highest BCUT2D eigenvalue weighted by atomic mass is 16.2. The van der Waals surface area contributed by atoms with Crippen LogP contribution < -0.4 is 0 Å². The van der Waals surface area contributed by atoms with Crippen LogP contribution >= 0.6 is 0 Å². The molecule has 0 atom stereocenters. The predicted octanol–water partition coefficient (Wildman–Crippen LogP) is 3.53. The van der Waals surface area contributed by atoms with Crippen molar-refractivity contribution in [3.63, 3.8) is 0 Å². The molecule has 94 valence electrons. The number of rotatable bonds is 2. The van der Waals surface area contributed by atoms with E-state index in [1.165, 1.54) is 22.5 Å². The first kappa shape index (κ1) is 12.4. The zero-order valence-electron chi connectivity index (χ0n) is 11.7. The van der Waals surface area contributed by atoms with Gasteiger partial charge in [-0.2, -0.15) is 0 Å². The molecule has 1 aliphatic rings. The maximum absolute atomic E-state index is 12.3. The third-order valence-electron chi connectivity index (χ3n) is 3.99. The minimum Gasteiger partial charge on any atom is -0.288 e. The summed E-state index contributed by atoms with van der Waals surface area (Å²) in [6.45, 7) is 10.9. The van der Waals surface area contributed by atoms with Gasteiger partial charge in [0.15, 0.2) is 0 Å². The molecular weight excluding hydrogens is 210 g/mol. The van der Waals surface area contributed by atoms with Crippen LogP contribution in [0.1, 0.15) is 61.4 Å². The molecule has 2 heterocycles. The maximum atomic E-state index is 12.3. The van der Waals surface area contributed by atoms with Gasteiger partial charge in [-0.25, -0.2) is 0 Å². The number of aromatic nitrogens is 1. The van der Waals surface area contributed by atoms with Gasteiger partial charge >= 0.3 is 0 Å². The summed E-state index contributed by atoms with van der Waals surface area (Å²) in [4.78, 5) is 12.3. The second kappa shape index (κ2) is 4.01. The Morgan fingerprint density at radius 2 is 1.82 bits per heavy atom. The van der Waals surface area contributed by atoms with Crippen molar-refractivity contribution in [2.75, 3.05) is 0 Å². The molecular formula is C15H23NO. The highest BCUT2D eigenvalue weighted by Crippen LogP contribution is 2.36. The zero-order chi connectivity index (χ0) is 12.8. The Hall–Kier alpha value is -1.05. The normalized spacial score (nSPS) is 18.3. The van der Waals surface area contributed by atoms with Crippen molar-refractivity contribution in [3.05, 3.63) is 22.5 Å². The van der Waals surface area contributed by atoms with E-state index in [-0.39, 0.29) is 11.3 Å². The lowest BCUT2D eigenvalue weighted by Crippen LogP contribution is -2.32. The lowest BCUT2D eigenvalue weighted by atomic mass is 9.81.